The summed E-state index contributed by atoms with van der Waals surface area (Å²) in [5.41, 5.74) is 4.04. The van der Waals surface area contributed by atoms with Crippen molar-refractivity contribution in [2.24, 2.45) is 17.8 Å². The zero-order valence-electron chi connectivity index (χ0n) is 25.0. The van der Waals surface area contributed by atoms with Crippen molar-refractivity contribution in [3.63, 3.8) is 0 Å². The largest absolute Gasteiger partial charge is 0.462 e. The fourth-order valence-corrected chi connectivity index (χ4v) is 6.94. The van der Waals surface area contributed by atoms with E-state index in [1.54, 1.807) is 43.3 Å². The quantitative estimate of drug-likeness (QED) is 0.173. The lowest BCUT2D eigenvalue weighted by atomic mass is 9.70. The summed E-state index contributed by atoms with van der Waals surface area (Å²) >= 11 is 0. The van der Waals surface area contributed by atoms with Crippen molar-refractivity contribution in [1.29, 1.82) is 0 Å². The van der Waals surface area contributed by atoms with Gasteiger partial charge in [0, 0.05) is 11.1 Å². The molecule has 1 atom stereocenters. The number of hydrogen-bond donors (Lipinski definition) is 0. The number of benzene rings is 3. The maximum atomic E-state index is 15.3. The highest BCUT2D eigenvalue weighted by Gasteiger charge is 2.28. The number of ether oxygens (including phenoxy) is 1. The molecule has 0 saturated heterocycles. The first kappa shape index (κ1) is 30.2. The lowest BCUT2D eigenvalue weighted by molar-refractivity contribution is 0.187. The molecule has 0 bridgehead atoms. The molecule has 222 valence electrons. The minimum Gasteiger partial charge on any atom is -0.462 e. The maximum Gasteiger partial charge on any atom is 0.201 e. The zero-order chi connectivity index (χ0) is 29.5. The summed E-state index contributed by atoms with van der Waals surface area (Å²) in [4.78, 5) is 0. The molecular weight excluding hydrogens is 529 g/mol. The van der Waals surface area contributed by atoms with Crippen LogP contribution in [-0.4, -0.2) is 0 Å². The Morgan fingerprint density at radius 1 is 0.762 bits per heavy atom. The highest BCUT2D eigenvalue weighted by molar-refractivity contribution is 5.74. The molecule has 4 heteroatoms. The Kier molecular flexibility index (Phi) is 10.3. The molecule has 2 aliphatic carbocycles. The Bertz CT molecular complexity index is 1400. The van der Waals surface area contributed by atoms with Crippen LogP contribution in [0.5, 0.6) is 5.75 Å². The summed E-state index contributed by atoms with van der Waals surface area (Å²) in [6.07, 6.45) is 19.6. The molecule has 0 spiro atoms. The molecule has 0 N–H and O–H groups in total. The molecule has 0 radical (unpaired) electrons. The first-order valence-electron chi connectivity index (χ1n) is 15.8. The van der Waals surface area contributed by atoms with Crippen LogP contribution < -0.4 is 4.74 Å². The van der Waals surface area contributed by atoms with Crippen LogP contribution in [0.25, 0.3) is 27.8 Å². The van der Waals surface area contributed by atoms with Gasteiger partial charge in [0.1, 0.15) is 5.82 Å². The van der Waals surface area contributed by atoms with Crippen molar-refractivity contribution in [3.05, 3.63) is 96.0 Å². The molecule has 0 aliphatic heterocycles. The van der Waals surface area contributed by atoms with Crippen LogP contribution in [-0.2, 0) is 0 Å². The molecule has 0 heterocycles. The molecular formula is C38H43F3O. The van der Waals surface area contributed by atoms with Gasteiger partial charge in [0.05, 0.1) is 6.26 Å². The van der Waals surface area contributed by atoms with Gasteiger partial charge in [-0.15, -0.1) is 0 Å². The van der Waals surface area contributed by atoms with Gasteiger partial charge in [-0.2, -0.15) is 4.39 Å². The van der Waals surface area contributed by atoms with Crippen LogP contribution in [0.2, 0.25) is 0 Å². The predicted octanol–water partition coefficient (Wildman–Crippen LogP) is 11.9. The molecule has 0 amide bonds. The standard InChI is InChI=1S/C38H43F3O/c1-3-5-6-7-26-8-10-27(11-9-26)28-12-14-29(15-13-28)32-20-21-33(35(39)25-32)30-16-18-31(19-17-30)34-22-23-36(42-24-4-2)38(41)37(34)40/h4,14,16-28H,3,5-13,15H2,1-2H3/b24-4-. The van der Waals surface area contributed by atoms with E-state index in [9.17, 15) is 8.78 Å². The monoisotopic (exact) mass is 572 g/mol. The average Bonchev–Trinajstić information content (AvgIpc) is 3.02. The molecule has 5 rings (SSSR count). The van der Waals surface area contributed by atoms with E-state index in [0.717, 1.165) is 36.2 Å². The van der Waals surface area contributed by atoms with Gasteiger partial charge in [-0.25, -0.2) is 8.78 Å². The first-order valence-corrected chi connectivity index (χ1v) is 15.8. The predicted molar refractivity (Wildman–Crippen MR) is 168 cm³/mol. The topological polar surface area (TPSA) is 9.23 Å². The van der Waals surface area contributed by atoms with Gasteiger partial charge in [0.2, 0.25) is 5.82 Å². The number of rotatable bonds is 10. The van der Waals surface area contributed by atoms with Crippen LogP contribution in [0.4, 0.5) is 13.2 Å². The molecule has 1 unspecified atom stereocenters. The molecule has 1 fully saturated rings. The third-order valence-corrected chi connectivity index (χ3v) is 9.45. The molecule has 2 aliphatic rings. The summed E-state index contributed by atoms with van der Waals surface area (Å²) in [5, 5.41) is 0. The Morgan fingerprint density at radius 3 is 2.10 bits per heavy atom. The van der Waals surface area contributed by atoms with Crippen molar-refractivity contribution in [1.82, 2.24) is 0 Å². The van der Waals surface area contributed by atoms with Crippen LogP contribution in [0.3, 0.4) is 0 Å². The molecule has 1 saturated carbocycles. The van der Waals surface area contributed by atoms with Crippen molar-refractivity contribution in [2.75, 3.05) is 0 Å². The van der Waals surface area contributed by atoms with Gasteiger partial charge in [-0.05, 0) is 97.2 Å². The van der Waals surface area contributed by atoms with Crippen LogP contribution in [0.1, 0.15) is 90.0 Å². The number of unbranched alkanes of at least 4 members (excludes halogenated alkanes) is 2. The average molecular weight is 573 g/mol. The Labute approximate surface area is 249 Å². The van der Waals surface area contributed by atoms with E-state index in [2.05, 4.69) is 13.0 Å². The van der Waals surface area contributed by atoms with E-state index < -0.39 is 11.6 Å². The Balaban J connectivity index is 1.21. The van der Waals surface area contributed by atoms with Crippen molar-refractivity contribution in [2.45, 2.75) is 84.5 Å². The summed E-state index contributed by atoms with van der Waals surface area (Å²) in [7, 11) is 0. The lowest BCUT2D eigenvalue weighted by Crippen LogP contribution is -2.23. The van der Waals surface area contributed by atoms with E-state index in [0.29, 0.717) is 16.7 Å². The Morgan fingerprint density at radius 2 is 1.45 bits per heavy atom. The minimum atomic E-state index is -1.04. The third-order valence-electron chi connectivity index (χ3n) is 9.45. The van der Waals surface area contributed by atoms with Gasteiger partial charge in [0.25, 0.3) is 0 Å². The van der Waals surface area contributed by atoms with Gasteiger partial charge < -0.3 is 4.74 Å². The molecule has 1 nitrogen and oxygen atoms in total. The second-order valence-corrected chi connectivity index (χ2v) is 12.1. The number of allylic oxidation sites excluding steroid dienone is 3. The summed E-state index contributed by atoms with van der Waals surface area (Å²) in [5.74, 6) is 0.108. The second-order valence-electron chi connectivity index (χ2n) is 12.1. The van der Waals surface area contributed by atoms with Crippen LogP contribution in [0.15, 0.2) is 73.0 Å². The van der Waals surface area contributed by atoms with Crippen molar-refractivity contribution < 1.29 is 17.9 Å². The minimum absolute atomic E-state index is 0.130. The Hall–Kier alpha value is -3.27. The highest BCUT2D eigenvalue weighted by Crippen LogP contribution is 2.42. The van der Waals surface area contributed by atoms with Gasteiger partial charge in [0.15, 0.2) is 11.6 Å². The van der Waals surface area contributed by atoms with E-state index in [1.165, 1.54) is 81.8 Å². The van der Waals surface area contributed by atoms with Crippen molar-refractivity contribution >= 4 is 5.57 Å². The lowest BCUT2D eigenvalue weighted by Gasteiger charge is -2.35. The summed E-state index contributed by atoms with van der Waals surface area (Å²) < 4.78 is 49.6. The van der Waals surface area contributed by atoms with E-state index in [-0.39, 0.29) is 17.1 Å². The normalized spacial score (nSPS) is 21.0. The van der Waals surface area contributed by atoms with Crippen LogP contribution in [0, 0.1) is 35.2 Å². The number of halogens is 3. The SMILES string of the molecule is C/C=C\Oc1ccc(-c2ccc(-c3ccc(C4=CCC(C5CCC(CCCCC)CC5)CC4)cc3F)cc2)c(F)c1F. The van der Waals surface area contributed by atoms with E-state index in [4.69, 9.17) is 4.74 Å². The fraction of sp³-hybridized carbons (Fsp3) is 0.421. The van der Waals surface area contributed by atoms with E-state index in [1.807, 2.05) is 12.1 Å². The summed E-state index contributed by atoms with van der Waals surface area (Å²) in [6.45, 7) is 4.01. The van der Waals surface area contributed by atoms with Crippen molar-refractivity contribution in [3.8, 4) is 28.0 Å². The maximum absolute atomic E-state index is 15.3. The van der Waals surface area contributed by atoms with Gasteiger partial charge in [-0.3, -0.25) is 0 Å². The van der Waals surface area contributed by atoms with Gasteiger partial charge in [-0.1, -0.05) is 94.0 Å². The van der Waals surface area contributed by atoms with Crippen LogP contribution >= 0.6 is 0 Å². The molecule has 42 heavy (non-hydrogen) atoms. The fourth-order valence-electron chi connectivity index (χ4n) is 6.94. The first-order chi connectivity index (χ1) is 20.5. The number of hydrogen-bond acceptors (Lipinski definition) is 1. The zero-order valence-corrected chi connectivity index (χ0v) is 25.0. The van der Waals surface area contributed by atoms with E-state index >= 15 is 4.39 Å². The second kappa shape index (κ2) is 14.3. The van der Waals surface area contributed by atoms with Gasteiger partial charge >= 0.3 is 0 Å². The molecule has 3 aromatic carbocycles. The highest BCUT2D eigenvalue weighted by atomic mass is 19.2. The third kappa shape index (κ3) is 7.02. The molecule has 3 aromatic rings. The molecule has 0 aromatic heterocycles. The summed E-state index contributed by atoms with van der Waals surface area (Å²) in [6, 6.07) is 15.3. The smallest absolute Gasteiger partial charge is 0.201 e.